The zero-order chi connectivity index (χ0) is 13.0. The van der Waals surface area contributed by atoms with Gasteiger partial charge < -0.3 is 5.32 Å². The Bertz CT molecular complexity index is 655. The number of aromatic amines is 1. The summed E-state index contributed by atoms with van der Waals surface area (Å²) >= 11 is 0. The van der Waals surface area contributed by atoms with Gasteiger partial charge in [0.05, 0.1) is 11.6 Å². The molecule has 0 atom stereocenters. The largest absolute Gasteiger partial charge is 0.326 e. The van der Waals surface area contributed by atoms with Gasteiger partial charge in [0, 0.05) is 17.4 Å². The third-order valence-corrected chi connectivity index (χ3v) is 2.41. The first-order valence-electron chi connectivity index (χ1n) is 5.58. The van der Waals surface area contributed by atoms with E-state index < -0.39 is 0 Å². The zero-order valence-electron chi connectivity index (χ0n) is 9.90. The van der Waals surface area contributed by atoms with Crippen molar-refractivity contribution < 1.29 is 0 Å². The third-order valence-electron chi connectivity index (χ3n) is 2.41. The maximum absolute atomic E-state index is 11.4. The minimum atomic E-state index is -0.194. The summed E-state index contributed by atoms with van der Waals surface area (Å²) in [7, 11) is 0. The molecule has 1 aromatic carbocycles. The van der Waals surface area contributed by atoms with E-state index in [-0.39, 0.29) is 5.56 Å². The first-order valence-corrected chi connectivity index (χ1v) is 5.58. The highest BCUT2D eigenvalue weighted by Crippen LogP contribution is 2.13. The molecule has 0 saturated carbocycles. The molecule has 2 N–H and O–H groups in total. The van der Waals surface area contributed by atoms with Crippen LogP contribution in [0.25, 0.3) is 0 Å². The van der Waals surface area contributed by atoms with Crippen molar-refractivity contribution in [2.24, 2.45) is 0 Å². The standard InChI is InChI=1S/C13H12N4O/c1-2-10-7-12(18)17-13(15-10)16-11-5-3-4-9(6-11)8-14/h3-7H,2H2,1H3,(H2,15,16,17,18). The summed E-state index contributed by atoms with van der Waals surface area (Å²) < 4.78 is 0. The van der Waals surface area contributed by atoms with E-state index in [2.05, 4.69) is 21.4 Å². The summed E-state index contributed by atoms with van der Waals surface area (Å²) in [6, 6.07) is 10.5. The van der Waals surface area contributed by atoms with Gasteiger partial charge in [0.1, 0.15) is 0 Å². The molecule has 0 aliphatic rings. The van der Waals surface area contributed by atoms with E-state index in [1.165, 1.54) is 6.07 Å². The average molecular weight is 240 g/mol. The first-order chi connectivity index (χ1) is 8.71. The van der Waals surface area contributed by atoms with Gasteiger partial charge in [-0.2, -0.15) is 5.26 Å². The number of aryl methyl sites for hydroxylation is 1. The molecule has 0 unspecified atom stereocenters. The minimum Gasteiger partial charge on any atom is -0.326 e. The monoisotopic (exact) mass is 240 g/mol. The molecule has 0 fully saturated rings. The number of rotatable bonds is 3. The highest BCUT2D eigenvalue weighted by Gasteiger charge is 2.01. The lowest BCUT2D eigenvalue weighted by atomic mass is 10.2. The second-order valence-corrected chi connectivity index (χ2v) is 3.76. The number of hydrogen-bond acceptors (Lipinski definition) is 4. The van der Waals surface area contributed by atoms with Crippen LogP contribution in [0.3, 0.4) is 0 Å². The summed E-state index contributed by atoms with van der Waals surface area (Å²) in [4.78, 5) is 18.3. The lowest BCUT2D eigenvalue weighted by Crippen LogP contribution is -2.11. The number of nitrogens with one attached hydrogen (secondary N) is 2. The number of H-pyrrole nitrogens is 1. The fourth-order valence-corrected chi connectivity index (χ4v) is 1.55. The van der Waals surface area contributed by atoms with Crippen LogP contribution in [0.4, 0.5) is 11.6 Å². The number of nitrogens with zero attached hydrogens (tertiary/aromatic N) is 2. The van der Waals surface area contributed by atoms with E-state index in [1.807, 2.05) is 6.92 Å². The zero-order valence-corrected chi connectivity index (χ0v) is 9.90. The number of aromatic nitrogens is 2. The van der Waals surface area contributed by atoms with Gasteiger partial charge in [-0.1, -0.05) is 13.0 Å². The van der Waals surface area contributed by atoms with Crippen LogP contribution in [-0.4, -0.2) is 9.97 Å². The fourth-order valence-electron chi connectivity index (χ4n) is 1.55. The van der Waals surface area contributed by atoms with Crippen molar-refractivity contribution in [3.05, 3.63) is 51.9 Å². The molecule has 18 heavy (non-hydrogen) atoms. The van der Waals surface area contributed by atoms with Crippen LogP contribution >= 0.6 is 0 Å². The van der Waals surface area contributed by atoms with E-state index >= 15 is 0 Å². The lowest BCUT2D eigenvalue weighted by molar-refractivity contribution is 0.986. The molecule has 0 amide bonds. The molecule has 0 spiro atoms. The Morgan fingerprint density at radius 3 is 3.00 bits per heavy atom. The highest BCUT2D eigenvalue weighted by molar-refractivity contribution is 5.56. The van der Waals surface area contributed by atoms with Crippen molar-refractivity contribution in [3.63, 3.8) is 0 Å². The molecule has 0 radical (unpaired) electrons. The van der Waals surface area contributed by atoms with Crippen molar-refractivity contribution in [1.82, 2.24) is 9.97 Å². The van der Waals surface area contributed by atoms with E-state index in [1.54, 1.807) is 24.3 Å². The van der Waals surface area contributed by atoms with Crippen molar-refractivity contribution >= 4 is 11.6 Å². The molecule has 90 valence electrons. The summed E-state index contributed by atoms with van der Waals surface area (Å²) in [5.74, 6) is 0.384. The SMILES string of the molecule is CCc1cc(=O)[nH]c(Nc2cccc(C#N)c2)n1. The van der Waals surface area contributed by atoms with Crippen LogP contribution < -0.4 is 10.9 Å². The van der Waals surface area contributed by atoms with Crippen molar-refractivity contribution in [1.29, 1.82) is 5.26 Å². The molecule has 0 aliphatic heterocycles. The number of benzene rings is 1. The van der Waals surface area contributed by atoms with Gasteiger partial charge >= 0.3 is 0 Å². The van der Waals surface area contributed by atoms with Gasteiger partial charge in [0.15, 0.2) is 0 Å². The Morgan fingerprint density at radius 2 is 2.28 bits per heavy atom. The van der Waals surface area contributed by atoms with Gasteiger partial charge in [-0.25, -0.2) is 4.98 Å². The Kier molecular flexibility index (Phi) is 3.39. The Morgan fingerprint density at radius 1 is 1.44 bits per heavy atom. The second kappa shape index (κ2) is 5.15. The van der Waals surface area contributed by atoms with Gasteiger partial charge in [0.25, 0.3) is 5.56 Å². The van der Waals surface area contributed by atoms with E-state index in [0.717, 1.165) is 5.69 Å². The van der Waals surface area contributed by atoms with E-state index in [9.17, 15) is 4.79 Å². The molecule has 2 rings (SSSR count). The van der Waals surface area contributed by atoms with Crippen molar-refractivity contribution in [2.45, 2.75) is 13.3 Å². The van der Waals surface area contributed by atoms with Crippen molar-refractivity contribution in [3.8, 4) is 6.07 Å². The molecular formula is C13H12N4O. The first kappa shape index (κ1) is 11.9. The summed E-state index contributed by atoms with van der Waals surface area (Å²) in [5.41, 5.74) is 1.79. The van der Waals surface area contributed by atoms with Gasteiger partial charge in [-0.05, 0) is 24.6 Å². The van der Waals surface area contributed by atoms with Gasteiger partial charge in [-0.15, -0.1) is 0 Å². The number of nitriles is 1. The molecule has 0 aliphatic carbocycles. The predicted molar refractivity (Wildman–Crippen MR) is 68.7 cm³/mol. The molecule has 0 saturated heterocycles. The quantitative estimate of drug-likeness (QED) is 0.859. The fraction of sp³-hybridized carbons (Fsp3) is 0.154. The molecule has 2 aromatic rings. The average Bonchev–Trinajstić information content (AvgIpc) is 2.38. The normalized spacial score (nSPS) is 9.78. The smallest absolute Gasteiger partial charge is 0.252 e. The molecule has 1 aromatic heterocycles. The van der Waals surface area contributed by atoms with E-state index in [4.69, 9.17) is 5.26 Å². The van der Waals surface area contributed by atoms with Crippen LogP contribution in [0.15, 0.2) is 35.1 Å². The maximum Gasteiger partial charge on any atom is 0.252 e. The molecule has 1 heterocycles. The maximum atomic E-state index is 11.4. The summed E-state index contributed by atoms with van der Waals surface area (Å²) in [5, 5.41) is 11.8. The molecule has 0 bridgehead atoms. The van der Waals surface area contributed by atoms with Gasteiger partial charge in [-0.3, -0.25) is 9.78 Å². The highest BCUT2D eigenvalue weighted by atomic mass is 16.1. The Hall–Kier alpha value is -2.61. The van der Waals surface area contributed by atoms with Crippen LogP contribution in [0.5, 0.6) is 0 Å². The number of hydrogen-bond donors (Lipinski definition) is 2. The van der Waals surface area contributed by atoms with Crippen LogP contribution in [0.2, 0.25) is 0 Å². The molecule has 5 heteroatoms. The second-order valence-electron chi connectivity index (χ2n) is 3.76. The molecular weight excluding hydrogens is 228 g/mol. The Balaban J connectivity index is 2.31. The topological polar surface area (TPSA) is 81.6 Å². The summed E-state index contributed by atoms with van der Waals surface area (Å²) in [6.07, 6.45) is 0.691. The van der Waals surface area contributed by atoms with Gasteiger partial charge in [0.2, 0.25) is 5.95 Å². The lowest BCUT2D eigenvalue weighted by Gasteiger charge is -2.06. The van der Waals surface area contributed by atoms with Crippen LogP contribution in [0.1, 0.15) is 18.2 Å². The van der Waals surface area contributed by atoms with Crippen molar-refractivity contribution in [2.75, 3.05) is 5.32 Å². The van der Waals surface area contributed by atoms with Crippen LogP contribution in [-0.2, 0) is 6.42 Å². The van der Waals surface area contributed by atoms with E-state index in [0.29, 0.717) is 23.6 Å². The summed E-state index contributed by atoms with van der Waals surface area (Å²) in [6.45, 7) is 1.93. The Labute approximate surface area is 104 Å². The predicted octanol–water partition coefficient (Wildman–Crippen LogP) is 1.95. The van der Waals surface area contributed by atoms with Crippen LogP contribution in [0, 0.1) is 11.3 Å². The number of anilines is 2. The minimum absolute atomic E-state index is 0.194. The third kappa shape index (κ3) is 2.74. The molecule has 5 nitrogen and oxygen atoms in total.